The molecule has 1 atom stereocenters. The fraction of sp³-hybridized carbons (Fsp3) is 0.264. The van der Waals surface area contributed by atoms with E-state index in [-0.39, 0.29) is 48.4 Å². The Morgan fingerprint density at radius 3 is 2.37 bits per heavy atom. The number of benzene rings is 3. The molecule has 4 aliphatic rings. The number of nitrogens with two attached hydrogens (primary N) is 1. The lowest BCUT2D eigenvalue weighted by atomic mass is 9.98. The fourth-order valence-corrected chi connectivity index (χ4v) is 10.1. The van der Waals surface area contributed by atoms with Gasteiger partial charge in [0.25, 0.3) is 17.4 Å². The first-order valence-electron chi connectivity index (χ1n) is 23.7. The van der Waals surface area contributed by atoms with Gasteiger partial charge < -0.3 is 30.7 Å². The molecule has 18 heteroatoms. The van der Waals surface area contributed by atoms with E-state index in [4.69, 9.17) is 5.73 Å². The molecule has 10 rings (SSSR count). The highest BCUT2D eigenvalue weighted by atomic mass is 32.2. The molecule has 17 nitrogen and oxygen atoms in total. The molecule has 4 aliphatic heterocycles. The Labute approximate surface area is 413 Å². The van der Waals surface area contributed by atoms with Gasteiger partial charge >= 0.3 is 0 Å². The van der Waals surface area contributed by atoms with E-state index in [2.05, 4.69) is 52.0 Å². The Morgan fingerprint density at radius 1 is 0.845 bits per heavy atom. The van der Waals surface area contributed by atoms with E-state index >= 15 is 0 Å². The molecule has 0 radical (unpaired) electrons. The van der Waals surface area contributed by atoms with Crippen molar-refractivity contribution in [3.63, 3.8) is 0 Å². The number of fused-ring (bicyclic) bond motifs is 1. The van der Waals surface area contributed by atoms with Gasteiger partial charge in [0.2, 0.25) is 11.8 Å². The zero-order chi connectivity index (χ0) is 49.1. The van der Waals surface area contributed by atoms with Crippen molar-refractivity contribution in [2.45, 2.75) is 73.1 Å². The quantitative estimate of drug-likeness (QED) is 0.100. The fourth-order valence-electron chi connectivity index (χ4n) is 9.35. The van der Waals surface area contributed by atoms with Crippen LogP contribution < -0.4 is 37.0 Å². The number of pyridine rings is 1. The molecule has 0 aliphatic carbocycles. The molecule has 6 aromatic rings. The van der Waals surface area contributed by atoms with Crippen LogP contribution in [-0.4, -0.2) is 91.0 Å². The van der Waals surface area contributed by atoms with Gasteiger partial charge in [-0.05, 0) is 128 Å². The standard InChI is InChI=1S/C53H52N12O5S/c1-53(54)21-28-64(29-22-53)46-32-56-48(33-55-46)71-40-6-3-5-37(30-40)58-49(67)35-8-10-38(11-9-35)63-25-18-39(19-26-63)62-23-16-34(17-24-62)43-12-13-44(61-60-43)50(68)57-31-36-4-2-7-42-41(36)20-27-65(52(42)70)45-14-15-47(66)59-51(45)69/h2-13,16,20-22,27-30,32-33,39,45H,14-15,17-19,23-26,31,54H2,1H3,(H,57,68)(H,58,67)(H,59,66,69). The van der Waals surface area contributed by atoms with Crippen LogP contribution in [0, 0.1) is 0 Å². The Hall–Kier alpha value is -7.80. The van der Waals surface area contributed by atoms with Crippen molar-refractivity contribution >= 4 is 68.9 Å². The molecule has 3 aromatic heterocycles. The lowest BCUT2D eigenvalue weighted by Crippen LogP contribution is -2.46. The van der Waals surface area contributed by atoms with E-state index in [0.717, 1.165) is 77.9 Å². The summed E-state index contributed by atoms with van der Waals surface area (Å²) in [7, 11) is 0. The first kappa shape index (κ1) is 46.9. The number of piperidine rings is 2. The molecule has 4 amide bonds. The maximum atomic E-state index is 13.4. The Bertz CT molecular complexity index is 3150. The molecule has 0 saturated carbocycles. The number of hydrogen-bond acceptors (Lipinski definition) is 14. The number of carbonyl (C=O) groups excluding carboxylic acids is 4. The van der Waals surface area contributed by atoms with Crippen LogP contribution in [0.25, 0.3) is 16.3 Å². The first-order valence-corrected chi connectivity index (χ1v) is 24.5. The van der Waals surface area contributed by atoms with Crippen LogP contribution >= 0.6 is 11.8 Å². The van der Waals surface area contributed by atoms with Gasteiger partial charge in [0, 0.05) is 91.0 Å². The largest absolute Gasteiger partial charge is 0.371 e. The number of carbonyl (C=O) groups is 4. The minimum absolute atomic E-state index is 0.158. The van der Waals surface area contributed by atoms with Crippen molar-refractivity contribution in [3.05, 3.63) is 167 Å². The highest BCUT2D eigenvalue weighted by Crippen LogP contribution is 2.31. The number of rotatable bonds is 12. The summed E-state index contributed by atoms with van der Waals surface area (Å²) >= 11 is 1.47. The topological polar surface area (TPSA) is 214 Å². The normalized spacial score (nSPS) is 18.3. The van der Waals surface area contributed by atoms with Crippen LogP contribution in [-0.2, 0) is 16.1 Å². The van der Waals surface area contributed by atoms with E-state index in [1.54, 1.807) is 42.9 Å². The number of imide groups is 1. The van der Waals surface area contributed by atoms with Gasteiger partial charge in [0.1, 0.15) is 11.1 Å². The number of anilines is 3. The smallest absolute Gasteiger partial charge is 0.272 e. The molecule has 360 valence electrons. The minimum Gasteiger partial charge on any atom is -0.371 e. The highest BCUT2D eigenvalue weighted by molar-refractivity contribution is 7.99. The van der Waals surface area contributed by atoms with E-state index in [9.17, 15) is 24.0 Å². The summed E-state index contributed by atoms with van der Waals surface area (Å²) in [6, 6.07) is 25.7. The minimum atomic E-state index is -0.758. The predicted molar refractivity (Wildman–Crippen MR) is 273 cm³/mol. The zero-order valence-electron chi connectivity index (χ0n) is 39.0. The summed E-state index contributed by atoms with van der Waals surface area (Å²) in [4.78, 5) is 80.8. The average Bonchev–Trinajstić information content (AvgIpc) is 3.39. The van der Waals surface area contributed by atoms with E-state index < -0.39 is 17.5 Å². The number of aromatic nitrogens is 5. The Morgan fingerprint density at radius 2 is 1.65 bits per heavy atom. The predicted octanol–water partition coefficient (Wildman–Crippen LogP) is 6.22. The lowest BCUT2D eigenvalue weighted by molar-refractivity contribution is -0.135. The number of amides is 4. The van der Waals surface area contributed by atoms with Crippen molar-refractivity contribution in [2.24, 2.45) is 5.73 Å². The molecule has 2 saturated heterocycles. The summed E-state index contributed by atoms with van der Waals surface area (Å²) in [5.74, 6) is -0.709. The molecular formula is C53H52N12O5S. The number of nitrogens with zero attached hydrogens (tertiary/aromatic N) is 8. The van der Waals surface area contributed by atoms with Crippen molar-refractivity contribution in [1.82, 2.24) is 40.3 Å². The molecule has 2 fully saturated rings. The van der Waals surface area contributed by atoms with Gasteiger partial charge in [-0.3, -0.25) is 34.2 Å². The van der Waals surface area contributed by atoms with Crippen LogP contribution in [0.3, 0.4) is 0 Å². The molecule has 7 heterocycles. The summed E-state index contributed by atoms with van der Waals surface area (Å²) in [6.45, 7) is 5.63. The Kier molecular flexibility index (Phi) is 13.4. The Balaban J connectivity index is 0.670. The van der Waals surface area contributed by atoms with E-state index in [1.165, 1.54) is 16.3 Å². The molecule has 3 aromatic carbocycles. The second kappa shape index (κ2) is 20.3. The summed E-state index contributed by atoms with van der Waals surface area (Å²) in [6.07, 6.45) is 18.1. The highest BCUT2D eigenvalue weighted by Gasteiger charge is 2.30. The maximum absolute atomic E-state index is 13.4. The van der Waals surface area contributed by atoms with Gasteiger partial charge in [-0.1, -0.05) is 36.0 Å². The first-order chi connectivity index (χ1) is 34.4. The SMILES string of the molecule is CC1(N)C=CN(c2cnc(Sc3cccc(NC(=O)c4ccc(N5CCC(N6CC=C(c7ccc(C(=O)NCc8cccc9c(=O)n(C%10CCC(=O)NC%10=O)ccc89)nn7)CC6)CC5)cc4)c3)cn2)C=C1. The van der Waals surface area contributed by atoms with Crippen LogP contribution in [0.4, 0.5) is 17.2 Å². The molecule has 0 spiro atoms. The van der Waals surface area contributed by atoms with Gasteiger partial charge in [0.15, 0.2) is 11.5 Å². The van der Waals surface area contributed by atoms with Gasteiger partial charge in [0.05, 0.1) is 23.6 Å². The van der Waals surface area contributed by atoms with Crippen molar-refractivity contribution in [3.8, 4) is 0 Å². The van der Waals surface area contributed by atoms with E-state index in [0.29, 0.717) is 33.9 Å². The third kappa shape index (κ3) is 10.7. The molecule has 0 bridgehead atoms. The summed E-state index contributed by atoms with van der Waals surface area (Å²) < 4.78 is 1.37. The second-order valence-electron chi connectivity index (χ2n) is 18.3. The van der Waals surface area contributed by atoms with Crippen LogP contribution in [0.5, 0.6) is 0 Å². The van der Waals surface area contributed by atoms with Gasteiger partial charge in [-0.25, -0.2) is 9.97 Å². The van der Waals surface area contributed by atoms with Gasteiger partial charge in [-0.2, -0.15) is 5.10 Å². The van der Waals surface area contributed by atoms with Crippen LogP contribution in [0.2, 0.25) is 0 Å². The molecule has 5 N–H and O–H groups in total. The number of hydrogen-bond donors (Lipinski definition) is 4. The second-order valence-corrected chi connectivity index (χ2v) is 19.4. The lowest BCUT2D eigenvalue weighted by Gasteiger charge is -2.40. The third-order valence-electron chi connectivity index (χ3n) is 13.4. The van der Waals surface area contributed by atoms with Crippen molar-refractivity contribution in [1.29, 1.82) is 0 Å². The maximum Gasteiger partial charge on any atom is 0.272 e. The average molecular weight is 969 g/mol. The van der Waals surface area contributed by atoms with Crippen molar-refractivity contribution < 1.29 is 19.2 Å². The van der Waals surface area contributed by atoms with Crippen LogP contribution in [0.1, 0.15) is 77.2 Å². The molecule has 1 unspecified atom stereocenters. The summed E-state index contributed by atoms with van der Waals surface area (Å²) in [5, 5.41) is 18.7. The zero-order valence-corrected chi connectivity index (χ0v) is 39.8. The summed E-state index contributed by atoms with van der Waals surface area (Å²) in [5.41, 5.74) is 10.5. The molecular weight excluding hydrogens is 917 g/mol. The van der Waals surface area contributed by atoms with E-state index in [1.807, 2.05) is 97.0 Å². The molecule has 71 heavy (non-hydrogen) atoms. The van der Waals surface area contributed by atoms with Gasteiger partial charge in [-0.15, -0.1) is 5.10 Å². The number of nitrogens with one attached hydrogen (secondary N) is 3. The van der Waals surface area contributed by atoms with Crippen LogP contribution in [0.15, 0.2) is 149 Å². The third-order valence-corrected chi connectivity index (χ3v) is 14.3. The van der Waals surface area contributed by atoms with Crippen molar-refractivity contribution in [2.75, 3.05) is 41.3 Å². The monoisotopic (exact) mass is 968 g/mol.